The molecule has 2 nitrogen and oxygen atoms in total. The maximum absolute atomic E-state index is 7.13. The summed E-state index contributed by atoms with van der Waals surface area (Å²) in [5.41, 5.74) is 16.5. The molecule has 268 valence electrons. The van der Waals surface area contributed by atoms with Crippen molar-refractivity contribution in [2.24, 2.45) is 0 Å². The van der Waals surface area contributed by atoms with Crippen LogP contribution in [0.2, 0.25) is 0 Å². The molecular weight excluding hydrogens is 691 g/mol. The van der Waals surface area contributed by atoms with Gasteiger partial charge in [0.15, 0.2) is 5.58 Å². The van der Waals surface area contributed by atoms with Crippen LogP contribution in [0.3, 0.4) is 0 Å². The highest BCUT2D eigenvalue weighted by molar-refractivity contribution is 6.13. The molecule has 0 saturated carbocycles. The number of para-hydroxylation sites is 1. The Balaban J connectivity index is 1.17. The van der Waals surface area contributed by atoms with E-state index >= 15 is 0 Å². The number of hydrogen-bond acceptors (Lipinski definition) is 2. The van der Waals surface area contributed by atoms with Gasteiger partial charge in [0.1, 0.15) is 5.58 Å². The van der Waals surface area contributed by atoms with E-state index in [9.17, 15) is 0 Å². The third kappa shape index (κ3) is 5.18. The average molecular weight is 728 g/mol. The molecule has 1 aliphatic rings. The van der Waals surface area contributed by atoms with Crippen LogP contribution in [0.5, 0.6) is 0 Å². The smallest absolute Gasteiger partial charge is 0.159 e. The lowest BCUT2D eigenvalue weighted by atomic mass is 9.66. The molecule has 0 N–H and O–H groups in total. The number of nitrogens with zero attached hydrogens (tertiary/aromatic N) is 1. The minimum absolute atomic E-state index is 0.558. The first kappa shape index (κ1) is 33.0. The molecule has 0 saturated heterocycles. The Hall–Kier alpha value is -7.42. The van der Waals surface area contributed by atoms with Gasteiger partial charge in [0.25, 0.3) is 0 Å². The Kier molecular flexibility index (Phi) is 7.75. The molecule has 10 aromatic rings. The molecule has 11 rings (SSSR count). The van der Waals surface area contributed by atoms with Gasteiger partial charge >= 0.3 is 0 Å². The first-order valence-electron chi connectivity index (χ1n) is 19.6. The molecular formula is C55H37NO. The Morgan fingerprint density at radius 3 is 1.58 bits per heavy atom. The minimum atomic E-state index is -0.558. The highest BCUT2D eigenvalue weighted by atomic mass is 16.3. The van der Waals surface area contributed by atoms with Gasteiger partial charge in [0, 0.05) is 22.1 Å². The van der Waals surface area contributed by atoms with Gasteiger partial charge in [0.2, 0.25) is 0 Å². The van der Waals surface area contributed by atoms with Crippen molar-refractivity contribution in [1.82, 2.24) is 0 Å². The van der Waals surface area contributed by atoms with E-state index in [1.165, 1.54) is 50.1 Å². The monoisotopic (exact) mass is 727 g/mol. The van der Waals surface area contributed by atoms with Crippen molar-refractivity contribution >= 4 is 39.0 Å². The number of furan rings is 1. The second kappa shape index (κ2) is 13.4. The summed E-state index contributed by atoms with van der Waals surface area (Å²) in [5.74, 6) is 0. The molecule has 2 heteroatoms. The first-order valence-corrected chi connectivity index (χ1v) is 19.6. The fourth-order valence-corrected chi connectivity index (χ4v) is 9.32. The summed E-state index contributed by atoms with van der Waals surface area (Å²) in [5, 5.41) is 2.21. The minimum Gasteiger partial charge on any atom is -0.454 e. The van der Waals surface area contributed by atoms with Crippen molar-refractivity contribution < 1.29 is 4.42 Å². The van der Waals surface area contributed by atoms with Crippen molar-refractivity contribution in [3.63, 3.8) is 0 Å². The normalized spacial score (nSPS) is 12.7. The predicted octanol–water partition coefficient (Wildman–Crippen LogP) is 14.8. The summed E-state index contributed by atoms with van der Waals surface area (Å²) in [6.07, 6.45) is 0. The van der Waals surface area contributed by atoms with Crippen LogP contribution in [0.1, 0.15) is 22.3 Å². The van der Waals surface area contributed by atoms with Gasteiger partial charge in [0.05, 0.1) is 11.1 Å². The molecule has 0 atom stereocenters. The SMILES string of the molecule is c1ccc(-c2ccc(N(c3cccc(-c4ccccc4)c3)c3cccc4c3oc3cccc(C5(c6ccccc6)c6ccccc6-c6ccccc65)c34)cc2)cc1. The zero-order valence-corrected chi connectivity index (χ0v) is 31.2. The summed E-state index contributed by atoms with van der Waals surface area (Å²) in [7, 11) is 0. The number of rotatable bonds is 7. The highest BCUT2D eigenvalue weighted by Crippen LogP contribution is 2.58. The summed E-state index contributed by atoms with van der Waals surface area (Å²) in [4.78, 5) is 2.35. The van der Waals surface area contributed by atoms with E-state index in [2.05, 4.69) is 229 Å². The van der Waals surface area contributed by atoms with Crippen molar-refractivity contribution in [1.29, 1.82) is 0 Å². The molecule has 0 aliphatic heterocycles. The molecule has 1 heterocycles. The van der Waals surface area contributed by atoms with E-state index in [4.69, 9.17) is 4.42 Å². The van der Waals surface area contributed by atoms with Crippen LogP contribution in [0.4, 0.5) is 17.1 Å². The Morgan fingerprint density at radius 1 is 0.368 bits per heavy atom. The fraction of sp³-hybridized carbons (Fsp3) is 0.0182. The van der Waals surface area contributed by atoms with Gasteiger partial charge in [-0.15, -0.1) is 0 Å². The lowest BCUT2D eigenvalue weighted by Crippen LogP contribution is -2.28. The molecule has 9 aromatic carbocycles. The van der Waals surface area contributed by atoms with E-state index in [-0.39, 0.29) is 0 Å². The second-order valence-corrected chi connectivity index (χ2v) is 14.8. The third-order valence-corrected chi connectivity index (χ3v) is 11.7. The molecule has 57 heavy (non-hydrogen) atoms. The van der Waals surface area contributed by atoms with E-state index in [0.717, 1.165) is 44.6 Å². The van der Waals surface area contributed by atoms with E-state index < -0.39 is 5.41 Å². The summed E-state index contributed by atoms with van der Waals surface area (Å²) in [6.45, 7) is 0. The largest absolute Gasteiger partial charge is 0.454 e. The van der Waals surface area contributed by atoms with Gasteiger partial charge in [-0.25, -0.2) is 0 Å². The Labute approximate surface area is 332 Å². The van der Waals surface area contributed by atoms with Crippen LogP contribution in [0.25, 0.3) is 55.3 Å². The zero-order valence-electron chi connectivity index (χ0n) is 31.2. The fourth-order valence-electron chi connectivity index (χ4n) is 9.32. The van der Waals surface area contributed by atoms with Crippen LogP contribution in [0.15, 0.2) is 229 Å². The van der Waals surface area contributed by atoms with E-state index in [1.54, 1.807) is 0 Å². The van der Waals surface area contributed by atoms with Crippen LogP contribution >= 0.6 is 0 Å². The lowest BCUT2D eigenvalue weighted by Gasteiger charge is -2.34. The van der Waals surface area contributed by atoms with Crippen LogP contribution in [-0.4, -0.2) is 0 Å². The molecule has 1 aliphatic carbocycles. The molecule has 0 fully saturated rings. The Morgan fingerprint density at radius 2 is 0.895 bits per heavy atom. The quantitative estimate of drug-likeness (QED) is 0.163. The molecule has 0 spiro atoms. The average Bonchev–Trinajstić information content (AvgIpc) is 3.83. The van der Waals surface area contributed by atoms with Gasteiger partial charge < -0.3 is 9.32 Å². The van der Waals surface area contributed by atoms with Gasteiger partial charge in [-0.1, -0.05) is 188 Å². The van der Waals surface area contributed by atoms with Crippen LogP contribution in [-0.2, 0) is 5.41 Å². The number of hydrogen-bond donors (Lipinski definition) is 0. The van der Waals surface area contributed by atoms with Gasteiger partial charge in [-0.2, -0.15) is 0 Å². The van der Waals surface area contributed by atoms with Gasteiger partial charge in [-0.05, 0) is 92.0 Å². The molecule has 1 aromatic heterocycles. The van der Waals surface area contributed by atoms with Crippen molar-refractivity contribution in [3.8, 4) is 33.4 Å². The van der Waals surface area contributed by atoms with Crippen LogP contribution in [0, 0.1) is 0 Å². The number of anilines is 3. The molecule has 0 amide bonds. The number of fused-ring (bicyclic) bond motifs is 6. The van der Waals surface area contributed by atoms with Gasteiger partial charge in [-0.3, -0.25) is 0 Å². The third-order valence-electron chi connectivity index (χ3n) is 11.7. The predicted molar refractivity (Wildman–Crippen MR) is 237 cm³/mol. The van der Waals surface area contributed by atoms with E-state index in [1.807, 2.05) is 0 Å². The molecule has 0 bridgehead atoms. The Bertz CT molecular complexity index is 3010. The highest BCUT2D eigenvalue weighted by Gasteiger charge is 2.47. The topological polar surface area (TPSA) is 16.4 Å². The number of benzene rings is 9. The summed E-state index contributed by atoms with van der Waals surface area (Å²) >= 11 is 0. The zero-order chi connectivity index (χ0) is 37.8. The second-order valence-electron chi connectivity index (χ2n) is 14.8. The standard InChI is InChI=1S/C55H37NO/c1-4-17-38(18-5-1)40-33-35-43(36-34-40)56(44-24-14-21-41(37-44)39-19-6-2-7-20-39)51-31-15-27-47-53-50(30-16-32-52(53)57-54(47)51)55(42-22-8-3-9-23-42)48-28-12-10-25-45(48)46-26-11-13-29-49(46)55/h1-37H. The van der Waals surface area contributed by atoms with Crippen molar-refractivity contribution in [2.45, 2.75) is 5.41 Å². The van der Waals surface area contributed by atoms with Crippen LogP contribution < -0.4 is 4.90 Å². The maximum Gasteiger partial charge on any atom is 0.159 e. The van der Waals surface area contributed by atoms with Crippen molar-refractivity contribution in [2.75, 3.05) is 4.90 Å². The molecule has 0 unspecified atom stereocenters. The molecule has 0 radical (unpaired) electrons. The summed E-state index contributed by atoms with van der Waals surface area (Å²) < 4.78 is 7.13. The first-order chi connectivity index (χ1) is 28.3. The summed E-state index contributed by atoms with van der Waals surface area (Å²) in [6, 6.07) is 80.9. The maximum atomic E-state index is 7.13. The lowest BCUT2D eigenvalue weighted by molar-refractivity contribution is 0.668. The van der Waals surface area contributed by atoms with Crippen molar-refractivity contribution in [3.05, 3.63) is 247 Å². The van der Waals surface area contributed by atoms with E-state index in [0.29, 0.717) is 0 Å².